The van der Waals surface area contributed by atoms with Crippen LogP contribution in [0.2, 0.25) is 0 Å². The maximum absolute atomic E-state index is 4.51. The van der Waals surface area contributed by atoms with Crippen LogP contribution in [0.3, 0.4) is 0 Å². The van der Waals surface area contributed by atoms with E-state index in [1.807, 2.05) is 30.5 Å². The van der Waals surface area contributed by atoms with Crippen LogP contribution >= 0.6 is 11.3 Å². The van der Waals surface area contributed by atoms with Crippen LogP contribution in [-0.4, -0.2) is 15.2 Å². The van der Waals surface area contributed by atoms with Gasteiger partial charge in [-0.05, 0) is 50.4 Å². The summed E-state index contributed by atoms with van der Waals surface area (Å²) in [6.07, 6.45) is 1.84. The Labute approximate surface area is 132 Å². The van der Waals surface area contributed by atoms with Crippen LogP contribution in [0.4, 0.5) is 11.5 Å². The van der Waals surface area contributed by atoms with Crippen molar-refractivity contribution in [3.05, 3.63) is 46.6 Å². The number of nitrogens with zero attached hydrogens (tertiary/aromatic N) is 2. The average Bonchev–Trinajstić information content (AvgIpc) is 3.01. The first-order valence-corrected chi connectivity index (χ1v) is 8.01. The zero-order chi connectivity index (χ0) is 15.3. The number of thiophene rings is 1. The van der Waals surface area contributed by atoms with Crippen LogP contribution in [0, 0.1) is 20.8 Å². The lowest BCUT2D eigenvalue weighted by Gasteiger charge is -2.08. The van der Waals surface area contributed by atoms with E-state index >= 15 is 0 Å². The number of rotatable bonds is 2. The van der Waals surface area contributed by atoms with Gasteiger partial charge in [0.15, 0.2) is 5.82 Å². The number of pyridine rings is 1. The van der Waals surface area contributed by atoms with Crippen molar-refractivity contribution in [1.82, 2.24) is 15.2 Å². The maximum Gasteiger partial charge on any atom is 0.155 e. The van der Waals surface area contributed by atoms with Gasteiger partial charge < -0.3 is 5.32 Å². The number of benzene rings is 1. The summed E-state index contributed by atoms with van der Waals surface area (Å²) < 4.78 is 1.29. The third-order valence-electron chi connectivity index (χ3n) is 4.01. The van der Waals surface area contributed by atoms with E-state index in [1.165, 1.54) is 15.0 Å². The van der Waals surface area contributed by atoms with Gasteiger partial charge in [-0.3, -0.25) is 10.1 Å². The van der Waals surface area contributed by atoms with Crippen LogP contribution in [0.5, 0.6) is 0 Å². The molecule has 4 rings (SSSR count). The Balaban J connectivity index is 1.89. The predicted molar refractivity (Wildman–Crippen MR) is 93.2 cm³/mol. The third kappa shape index (κ3) is 2.05. The van der Waals surface area contributed by atoms with Crippen molar-refractivity contribution in [1.29, 1.82) is 0 Å². The Bertz CT molecular complexity index is 997. The van der Waals surface area contributed by atoms with Crippen LogP contribution in [-0.2, 0) is 0 Å². The van der Waals surface area contributed by atoms with Crippen molar-refractivity contribution in [2.75, 3.05) is 5.32 Å². The minimum absolute atomic E-state index is 0.868. The first kappa shape index (κ1) is 13.3. The molecular formula is C17H16N4S. The van der Waals surface area contributed by atoms with Gasteiger partial charge in [-0.15, -0.1) is 11.3 Å². The van der Waals surface area contributed by atoms with E-state index in [0.717, 1.165) is 33.7 Å². The van der Waals surface area contributed by atoms with Crippen molar-refractivity contribution in [2.24, 2.45) is 0 Å². The molecule has 0 saturated carbocycles. The van der Waals surface area contributed by atoms with E-state index in [4.69, 9.17) is 0 Å². The summed E-state index contributed by atoms with van der Waals surface area (Å²) in [5.74, 6) is 0.868. The molecule has 0 fully saturated rings. The van der Waals surface area contributed by atoms with Gasteiger partial charge in [0.1, 0.15) is 0 Å². The highest BCUT2D eigenvalue weighted by Gasteiger charge is 2.10. The molecule has 0 saturated heterocycles. The molecule has 0 aliphatic rings. The molecule has 0 bridgehead atoms. The van der Waals surface area contributed by atoms with E-state index in [1.54, 1.807) is 0 Å². The highest BCUT2D eigenvalue weighted by atomic mass is 32.1. The van der Waals surface area contributed by atoms with E-state index in [9.17, 15) is 0 Å². The molecule has 0 amide bonds. The van der Waals surface area contributed by atoms with E-state index in [-0.39, 0.29) is 0 Å². The smallest absolute Gasteiger partial charge is 0.155 e. The Hall–Kier alpha value is -2.40. The Morgan fingerprint density at radius 1 is 1.14 bits per heavy atom. The first-order chi connectivity index (χ1) is 10.6. The second kappa shape index (κ2) is 4.81. The van der Waals surface area contributed by atoms with Crippen molar-refractivity contribution < 1.29 is 0 Å². The zero-order valence-electron chi connectivity index (χ0n) is 12.7. The van der Waals surface area contributed by atoms with Gasteiger partial charge in [-0.2, -0.15) is 5.10 Å². The normalized spacial score (nSPS) is 11.4. The second-order valence-corrected chi connectivity index (χ2v) is 6.86. The molecule has 2 N–H and O–H groups in total. The first-order valence-electron chi connectivity index (χ1n) is 7.19. The topological polar surface area (TPSA) is 53.6 Å². The largest absolute Gasteiger partial charge is 0.338 e. The number of H-pyrrole nitrogens is 1. The summed E-state index contributed by atoms with van der Waals surface area (Å²) in [5.41, 5.74) is 4.25. The van der Waals surface area contributed by atoms with Crippen molar-refractivity contribution in [3.63, 3.8) is 0 Å². The summed E-state index contributed by atoms with van der Waals surface area (Å²) in [4.78, 5) is 5.83. The van der Waals surface area contributed by atoms with Crippen molar-refractivity contribution in [3.8, 4) is 0 Å². The molecule has 22 heavy (non-hydrogen) atoms. The van der Waals surface area contributed by atoms with E-state index < -0.39 is 0 Å². The standard InChI is InChI=1S/C17H16N4S/c1-9-6-12-7-15-13(8-16(12)22-9)14(4-5-18-15)19-17-10(2)11(3)20-21-17/h4-8H,1-3H3,(H2,18,19,20,21). The zero-order valence-corrected chi connectivity index (χ0v) is 13.5. The molecule has 0 unspecified atom stereocenters. The lowest BCUT2D eigenvalue weighted by molar-refractivity contribution is 1.05. The molecule has 5 heteroatoms. The molecule has 4 nitrogen and oxygen atoms in total. The minimum Gasteiger partial charge on any atom is -0.338 e. The number of anilines is 2. The monoisotopic (exact) mass is 308 g/mol. The molecule has 110 valence electrons. The molecular weight excluding hydrogens is 292 g/mol. The predicted octanol–water partition coefficient (Wildman–Crippen LogP) is 4.84. The Morgan fingerprint density at radius 2 is 2.00 bits per heavy atom. The van der Waals surface area contributed by atoms with Gasteiger partial charge in [-0.25, -0.2) is 0 Å². The average molecular weight is 308 g/mol. The molecule has 3 aromatic heterocycles. The fourth-order valence-electron chi connectivity index (χ4n) is 2.66. The maximum atomic E-state index is 4.51. The quantitative estimate of drug-likeness (QED) is 0.557. The number of fused-ring (bicyclic) bond motifs is 2. The lowest BCUT2D eigenvalue weighted by Crippen LogP contribution is -1.94. The van der Waals surface area contributed by atoms with Gasteiger partial charge >= 0.3 is 0 Å². The lowest BCUT2D eigenvalue weighted by atomic mass is 10.1. The fraction of sp³-hybridized carbons (Fsp3) is 0.176. The number of hydrogen-bond acceptors (Lipinski definition) is 4. The highest BCUT2D eigenvalue weighted by Crippen LogP contribution is 2.33. The number of aromatic nitrogens is 3. The van der Waals surface area contributed by atoms with E-state index in [0.29, 0.717) is 0 Å². The third-order valence-corrected chi connectivity index (χ3v) is 5.02. The van der Waals surface area contributed by atoms with Gasteiger partial charge in [0.25, 0.3) is 0 Å². The van der Waals surface area contributed by atoms with Crippen molar-refractivity contribution >= 4 is 43.8 Å². The van der Waals surface area contributed by atoms with Crippen LogP contribution in [0.1, 0.15) is 16.1 Å². The highest BCUT2D eigenvalue weighted by molar-refractivity contribution is 7.19. The SMILES string of the molecule is Cc1cc2cc3nccc(Nc4n[nH]c(C)c4C)c3cc2s1. The van der Waals surface area contributed by atoms with Gasteiger partial charge in [0.05, 0.1) is 11.2 Å². The Kier molecular flexibility index (Phi) is 2.90. The van der Waals surface area contributed by atoms with Gasteiger partial charge in [0.2, 0.25) is 0 Å². The second-order valence-electron chi connectivity index (χ2n) is 5.57. The molecule has 3 heterocycles. The minimum atomic E-state index is 0.868. The molecule has 1 aromatic carbocycles. The fourth-order valence-corrected chi connectivity index (χ4v) is 3.60. The molecule has 0 aliphatic carbocycles. The number of aromatic amines is 1. The van der Waals surface area contributed by atoms with Crippen LogP contribution in [0.25, 0.3) is 21.0 Å². The summed E-state index contributed by atoms with van der Waals surface area (Å²) in [7, 11) is 0. The molecule has 0 spiro atoms. The Morgan fingerprint density at radius 3 is 2.77 bits per heavy atom. The number of nitrogens with one attached hydrogen (secondary N) is 2. The van der Waals surface area contributed by atoms with Gasteiger partial charge in [0, 0.05) is 32.4 Å². The number of aryl methyl sites for hydroxylation is 2. The van der Waals surface area contributed by atoms with E-state index in [2.05, 4.69) is 52.5 Å². The molecule has 4 aromatic rings. The summed E-state index contributed by atoms with van der Waals surface area (Å²) in [6, 6.07) is 8.58. The summed E-state index contributed by atoms with van der Waals surface area (Å²) in [5, 5.41) is 13.1. The molecule has 0 atom stereocenters. The molecule has 0 aliphatic heterocycles. The number of hydrogen-bond donors (Lipinski definition) is 2. The summed E-state index contributed by atoms with van der Waals surface area (Å²) in [6.45, 7) is 6.22. The van der Waals surface area contributed by atoms with Crippen molar-refractivity contribution in [2.45, 2.75) is 20.8 Å². The van der Waals surface area contributed by atoms with Crippen LogP contribution in [0.15, 0.2) is 30.5 Å². The van der Waals surface area contributed by atoms with Crippen LogP contribution < -0.4 is 5.32 Å². The molecule has 0 radical (unpaired) electrons. The summed E-state index contributed by atoms with van der Waals surface area (Å²) >= 11 is 1.81. The van der Waals surface area contributed by atoms with Gasteiger partial charge in [-0.1, -0.05) is 0 Å².